The predicted molar refractivity (Wildman–Crippen MR) is 111 cm³/mol. The van der Waals surface area contributed by atoms with Crippen molar-refractivity contribution in [2.45, 2.75) is 25.9 Å². The highest BCUT2D eigenvalue weighted by Crippen LogP contribution is 2.12. The Morgan fingerprint density at radius 2 is 1.68 bits per heavy atom. The standard InChI is InChI=1S/C18H24N4O3.2CH2O2/c1-13-19-10-15(20-13)11-22(12-17(23)24)18(25)16(21(2)3)9-14-7-5-4-6-8-14;2*2-1-3/h4-8,10,16H,9,11-12H2,1-3H3,(H,19,20)(H,23,24);2*1H,(H,2,3)/t16-;;/m0../s1. The zero-order valence-electron chi connectivity index (χ0n) is 17.6. The minimum absolute atomic E-state index is 0.186. The van der Waals surface area contributed by atoms with Gasteiger partial charge in [0.2, 0.25) is 5.91 Å². The molecular weight excluding hydrogens is 408 g/mol. The predicted octanol–water partition coefficient (Wildman–Crippen LogP) is 0.706. The van der Waals surface area contributed by atoms with Gasteiger partial charge in [-0.05, 0) is 33.0 Å². The molecule has 0 aliphatic rings. The van der Waals surface area contributed by atoms with Gasteiger partial charge in [-0.3, -0.25) is 24.1 Å². The number of carbonyl (C=O) groups is 4. The summed E-state index contributed by atoms with van der Waals surface area (Å²) in [5.74, 6) is -0.531. The second-order valence-corrected chi connectivity index (χ2v) is 6.46. The number of aliphatic carboxylic acids is 1. The summed E-state index contributed by atoms with van der Waals surface area (Å²) in [6.45, 7) is 1.14. The van der Waals surface area contributed by atoms with Gasteiger partial charge in [0.25, 0.3) is 12.9 Å². The number of nitrogens with zero attached hydrogens (tertiary/aromatic N) is 3. The van der Waals surface area contributed by atoms with Crippen LogP contribution in [0.3, 0.4) is 0 Å². The van der Waals surface area contributed by atoms with Gasteiger partial charge in [-0.25, -0.2) is 4.98 Å². The summed E-state index contributed by atoms with van der Waals surface area (Å²) in [5.41, 5.74) is 1.74. The van der Waals surface area contributed by atoms with Gasteiger partial charge in [0.1, 0.15) is 12.4 Å². The highest BCUT2D eigenvalue weighted by molar-refractivity contribution is 5.85. The first-order valence-electron chi connectivity index (χ1n) is 9.07. The molecule has 0 fully saturated rings. The average molecular weight is 436 g/mol. The van der Waals surface area contributed by atoms with Crippen molar-refractivity contribution in [3.63, 3.8) is 0 Å². The fraction of sp³-hybridized carbons (Fsp3) is 0.350. The van der Waals surface area contributed by atoms with E-state index in [-0.39, 0.29) is 31.9 Å². The average Bonchev–Trinajstić information content (AvgIpc) is 3.11. The van der Waals surface area contributed by atoms with Crippen LogP contribution >= 0.6 is 0 Å². The van der Waals surface area contributed by atoms with Gasteiger partial charge in [-0.15, -0.1) is 0 Å². The molecule has 0 saturated heterocycles. The summed E-state index contributed by atoms with van der Waals surface area (Å²) >= 11 is 0. The lowest BCUT2D eigenvalue weighted by Gasteiger charge is -2.29. The first kappa shape index (κ1) is 27.3. The van der Waals surface area contributed by atoms with Crippen molar-refractivity contribution in [2.24, 2.45) is 0 Å². The van der Waals surface area contributed by atoms with Crippen LogP contribution in [0.5, 0.6) is 0 Å². The van der Waals surface area contributed by atoms with Crippen molar-refractivity contribution >= 4 is 24.8 Å². The Balaban J connectivity index is 0.00000134. The number of imidazole rings is 1. The molecule has 11 heteroatoms. The molecule has 2 aromatic rings. The number of carboxylic acids is 1. The molecule has 11 nitrogen and oxygen atoms in total. The number of aromatic nitrogens is 2. The molecule has 1 aromatic carbocycles. The van der Waals surface area contributed by atoms with Gasteiger partial charge in [-0.2, -0.15) is 0 Å². The van der Waals surface area contributed by atoms with E-state index in [0.29, 0.717) is 12.1 Å². The summed E-state index contributed by atoms with van der Waals surface area (Å²) in [5, 5.41) is 23.0. The Bertz CT molecular complexity index is 803. The fourth-order valence-corrected chi connectivity index (χ4v) is 2.67. The maximum Gasteiger partial charge on any atom is 0.323 e. The molecule has 31 heavy (non-hydrogen) atoms. The van der Waals surface area contributed by atoms with E-state index < -0.39 is 12.0 Å². The zero-order chi connectivity index (χ0) is 23.8. The molecule has 0 bridgehead atoms. The SMILES string of the molecule is Cc1ncc(CN(CC(=O)O)C(=O)[C@H](Cc2ccccc2)N(C)C)[nH]1.O=CO.O=CO. The molecule has 0 aliphatic carbocycles. The van der Waals surface area contributed by atoms with E-state index in [0.717, 1.165) is 11.4 Å². The third-order valence-electron chi connectivity index (χ3n) is 3.93. The second kappa shape index (κ2) is 15.2. The van der Waals surface area contributed by atoms with Crippen molar-refractivity contribution < 1.29 is 34.5 Å². The van der Waals surface area contributed by atoms with Gasteiger partial charge < -0.3 is 25.2 Å². The molecule has 0 saturated carbocycles. The molecule has 0 radical (unpaired) electrons. The van der Waals surface area contributed by atoms with Gasteiger partial charge in [0.05, 0.1) is 24.5 Å². The number of hydrogen-bond acceptors (Lipinski definition) is 6. The van der Waals surface area contributed by atoms with Crippen LogP contribution in [0.1, 0.15) is 17.1 Å². The summed E-state index contributed by atoms with van der Waals surface area (Å²) in [7, 11) is 3.65. The van der Waals surface area contributed by atoms with E-state index in [1.165, 1.54) is 4.90 Å². The molecule has 0 aliphatic heterocycles. The lowest BCUT2D eigenvalue weighted by atomic mass is 10.0. The van der Waals surface area contributed by atoms with Crippen LogP contribution in [0.25, 0.3) is 0 Å². The van der Waals surface area contributed by atoms with Crippen molar-refractivity contribution in [2.75, 3.05) is 20.6 Å². The van der Waals surface area contributed by atoms with Crippen LogP contribution < -0.4 is 0 Å². The molecule has 4 N–H and O–H groups in total. The third-order valence-corrected chi connectivity index (χ3v) is 3.93. The van der Waals surface area contributed by atoms with Crippen LogP contribution in [0.15, 0.2) is 36.5 Å². The number of rotatable bonds is 8. The molecular formula is C20H28N4O7. The molecule has 0 spiro atoms. The number of likely N-dealkylation sites (N-methyl/N-ethyl adjacent to an activating group) is 1. The Labute approximate surface area is 179 Å². The summed E-state index contributed by atoms with van der Waals surface area (Å²) < 4.78 is 0. The second-order valence-electron chi connectivity index (χ2n) is 6.46. The Hall–Kier alpha value is -3.73. The Morgan fingerprint density at radius 3 is 2.10 bits per heavy atom. The zero-order valence-corrected chi connectivity index (χ0v) is 17.6. The van der Waals surface area contributed by atoms with E-state index in [2.05, 4.69) is 9.97 Å². The molecule has 0 unspecified atom stereocenters. The number of hydrogen-bond donors (Lipinski definition) is 4. The topological polar surface area (TPSA) is 164 Å². The number of amides is 1. The van der Waals surface area contributed by atoms with E-state index >= 15 is 0 Å². The highest BCUT2D eigenvalue weighted by Gasteiger charge is 2.28. The number of nitrogens with one attached hydrogen (secondary N) is 1. The van der Waals surface area contributed by atoms with Crippen molar-refractivity contribution in [3.05, 3.63) is 53.6 Å². The summed E-state index contributed by atoms with van der Waals surface area (Å²) in [6.07, 6.45) is 2.14. The van der Waals surface area contributed by atoms with Crippen LogP contribution in [0.4, 0.5) is 0 Å². The van der Waals surface area contributed by atoms with Crippen LogP contribution in [-0.4, -0.2) is 86.6 Å². The molecule has 2 rings (SSSR count). The smallest absolute Gasteiger partial charge is 0.323 e. The van der Waals surface area contributed by atoms with Crippen LogP contribution in [0, 0.1) is 6.92 Å². The van der Waals surface area contributed by atoms with Crippen LogP contribution in [-0.2, 0) is 32.1 Å². The van der Waals surface area contributed by atoms with Crippen molar-refractivity contribution in [1.29, 1.82) is 0 Å². The largest absolute Gasteiger partial charge is 0.483 e. The number of H-pyrrole nitrogens is 1. The summed E-state index contributed by atoms with van der Waals surface area (Å²) in [4.78, 5) is 51.3. The number of benzene rings is 1. The first-order valence-corrected chi connectivity index (χ1v) is 9.07. The molecule has 1 heterocycles. The molecule has 170 valence electrons. The number of aromatic amines is 1. The molecule has 1 aromatic heterocycles. The number of carboxylic acid groups (broad SMARTS) is 3. The van der Waals surface area contributed by atoms with E-state index in [9.17, 15) is 14.7 Å². The molecule has 1 amide bonds. The minimum Gasteiger partial charge on any atom is -0.483 e. The van der Waals surface area contributed by atoms with Gasteiger partial charge >= 0.3 is 5.97 Å². The third kappa shape index (κ3) is 11.1. The number of carbonyl (C=O) groups excluding carboxylic acids is 1. The number of aryl methyl sites for hydroxylation is 1. The lowest BCUT2D eigenvalue weighted by molar-refractivity contribution is -0.147. The fourth-order valence-electron chi connectivity index (χ4n) is 2.67. The lowest BCUT2D eigenvalue weighted by Crippen LogP contribution is -2.48. The summed E-state index contributed by atoms with van der Waals surface area (Å²) in [6, 6.07) is 9.26. The van der Waals surface area contributed by atoms with Gasteiger partial charge in [-0.1, -0.05) is 30.3 Å². The van der Waals surface area contributed by atoms with Crippen molar-refractivity contribution in [3.8, 4) is 0 Å². The normalized spacial score (nSPS) is 10.6. The Morgan fingerprint density at radius 1 is 1.13 bits per heavy atom. The van der Waals surface area contributed by atoms with Crippen LogP contribution in [0.2, 0.25) is 0 Å². The maximum atomic E-state index is 13.0. The van der Waals surface area contributed by atoms with Gasteiger partial charge in [0.15, 0.2) is 0 Å². The van der Waals surface area contributed by atoms with Crippen molar-refractivity contribution in [1.82, 2.24) is 19.8 Å². The molecule has 1 atom stereocenters. The minimum atomic E-state index is -1.04. The highest BCUT2D eigenvalue weighted by atomic mass is 16.4. The quantitative estimate of drug-likeness (QED) is 0.436. The maximum absolute atomic E-state index is 13.0. The first-order chi connectivity index (χ1) is 14.7. The van der Waals surface area contributed by atoms with E-state index in [4.69, 9.17) is 19.8 Å². The van der Waals surface area contributed by atoms with E-state index in [1.807, 2.05) is 56.3 Å². The monoisotopic (exact) mass is 436 g/mol. The van der Waals surface area contributed by atoms with Gasteiger partial charge in [0, 0.05) is 0 Å². The van der Waals surface area contributed by atoms with E-state index in [1.54, 1.807) is 6.20 Å². The Kier molecular flexibility index (Phi) is 13.3.